The zero-order valence-electron chi connectivity index (χ0n) is 33.8. The van der Waals surface area contributed by atoms with E-state index in [4.69, 9.17) is 9.97 Å². The van der Waals surface area contributed by atoms with E-state index in [1.165, 1.54) is 55.0 Å². The molecule has 0 bridgehead atoms. The fourth-order valence-corrected chi connectivity index (χ4v) is 8.87. The summed E-state index contributed by atoms with van der Waals surface area (Å²) in [6, 6.07) is 70.0. The number of benzene rings is 8. The molecule has 0 aliphatic carbocycles. The summed E-state index contributed by atoms with van der Waals surface area (Å²) in [7, 11) is 0. The second kappa shape index (κ2) is 14.1. The Balaban J connectivity index is 0.952. The van der Waals surface area contributed by atoms with Crippen LogP contribution in [0.15, 0.2) is 200 Å². The zero-order chi connectivity index (χ0) is 40.4. The molecule has 3 aromatic heterocycles. The molecule has 0 spiro atoms. The molecule has 0 atom stereocenters. The van der Waals surface area contributed by atoms with Crippen molar-refractivity contribution in [2.75, 3.05) is 0 Å². The molecule has 0 saturated carbocycles. The molecule has 0 aliphatic heterocycles. The average Bonchev–Trinajstić information content (AvgIpc) is 3.81. The summed E-state index contributed by atoms with van der Waals surface area (Å²) in [5.41, 5.74) is 16.2. The maximum absolute atomic E-state index is 5.22. The van der Waals surface area contributed by atoms with Gasteiger partial charge in [-0.25, -0.2) is 9.97 Å². The van der Waals surface area contributed by atoms with Crippen LogP contribution in [0.2, 0.25) is 0 Å². The normalized spacial score (nSPS) is 11.9. The highest BCUT2D eigenvalue weighted by Crippen LogP contribution is 2.38. The van der Waals surface area contributed by atoms with Gasteiger partial charge in [0.25, 0.3) is 0 Å². The lowest BCUT2D eigenvalue weighted by Crippen LogP contribution is -2.10. The molecule has 11 aromatic rings. The summed E-state index contributed by atoms with van der Waals surface area (Å²) in [5.74, 6) is 0.646. The predicted molar refractivity (Wildman–Crippen MR) is 251 cm³/mol. The highest BCUT2D eigenvalue weighted by atomic mass is 15.2. The van der Waals surface area contributed by atoms with E-state index in [0.717, 1.165) is 44.5 Å². The van der Waals surface area contributed by atoms with Crippen molar-refractivity contribution < 1.29 is 0 Å². The van der Waals surface area contributed by atoms with Crippen LogP contribution in [-0.4, -0.2) is 19.1 Å². The first kappa shape index (κ1) is 35.6. The molecule has 60 heavy (non-hydrogen) atoms. The summed E-state index contributed by atoms with van der Waals surface area (Å²) in [6.45, 7) is 6.76. The summed E-state index contributed by atoms with van der Waals surface area (Å²) in [4.78, 5) is 10.1. The molecule has 4 heteroatoms. The fourth-order valence-electron chi connectivity index (χ4n) is 8.87. The quantitative estimate of drug-likeness (QED) is 0.169. The Morgan fingerprint density at radius 3 is 1.63 bits per heavy atom. The minimum Gasteiger partial charge on any atom is -0.309 e. The van der Waals surface area contributed by atoms with Crippen molar-refractivity contribution >= 4 is 43.6 Å². The van der Waals surface area contributed by atoms with Crippen LogP contribution in [0, 0.1) is 0 Å². The molecule has 0 aliphatic rings. The van der Waals surface area contributed by atoms with Gasteiger partial charge in [0, 0.05) is 39.0 Å². The van der Waals surface area contributed by atoms with Crippen LogP contribution < -0.4 is 0 Å². The minimum atomic E-state index is 0.135. The molecule has 0 fully saturated rings. The number of para-hydroxylation sites is 3. The lowest BCUT2D eigenvalue weighted by atomic mass is 9.86. The summed E-state index contributed by atoms with van der Waals surface area (Å²) >= 11 is 0. The van der Waals surface area contributed by atoms with Crippen LogP contribution in [0.5, 0.6) is 0 Å². The van der Waals surface area contributed by atoms with Crippen LogP contribution in [0.3, 0.4) is 0 Å². The monoisotopic (exact) mass is 770 g/mol. The second-order valence-electron chi connectivity index (χ2n) is 16.7. The minimum absolute atomic E-state index is 0.135. The molecule has 11 rings (SSSR count). The largest absolute Gasteiger partial charge is 0.309 e. The standard InChI is InChI=1S/C56H42N4/c1-56(2,3)44-28-24-38(25-29-44)37-20-22-39(23-21-37)40-12-11-13-43(34-40)50-32-33-57-55(58-50)60-52-19-10-8-17-47(52)49-35-41(27-31-53(49)60)42-26-30-48-46-16-7-9-18-51(46)59(54(48)36-42)45-14-5-4-6-15-45/h4-36H,1-3H3. The predicted octanol–water partition coefficient (Wildman–Crippen LogP) is 14.6. The van der Waals surface area contributed by atoms with Crippen molar-refractivity contribution in [2.45, 2.75) is 26.2 Å². The van der Waals surface area contributed by atoms with Gasteiger partial charge < -0.3 is 4.57 Å². The third-order valence-electron chi connectivity index (χ3n) is 12.0. The van der Waals surface area contributed by atoms with Gasteiger partial charge >= 0.3 is 0 Å². The van der Waals surface area contributed by atoms with Crippen molar-refractivity contribution in [2.24, 2.45) is 0 Å². The van der Waals surface area contributed by atoms with Gasteiger partial charge in [-0.15, -0.1) is 0 Å². The Hall–Kier alpha value is -7.56. The number of aromatic nitrogens is 4. The van der Waals surface area contributed by atoms with Crippen molar-refractivity contribution in [1.29, 1.82) is 0 Å². The SMILES string of the molecule is CC(C)(C)c1ccc(-c2ccc(-c3cccc(-c4ccnc(-n5c6ccccc6c6cc(-c7ccc8c9ccccc9n(-c9ccccc9)c8c7)ccc65)n4)c3)cc2)cc1. The zero-order valence-corrected chi connectivity index (χ0v) is 33.8. The third-order valence-corrected chi connectivity index (χ3v) is 12.0. The number of fused-ring (bicyclic) bond motifs is 6. The van der Waals surface area contributed by atoms with E-state index in [1.807, 2.05) is 12.3 Å². The van der Waals surface area contributed by atoms with Gasteiger partial charge in [-0.2, -0.15) is 0 Å². The van der Waals surface area contributed by atoms with E-state index >= 15 is 0 Å². The van der Waals surface area contributed by atoms with E-state index in [2.05, 4.69) is 218 Å². The highest BCUT2D eigenvalue weighted by Gasteiger charge is 2.18. The first-order chi connectivity index (χ1) is 29.4. The van der Waals surface area contributed by atoms with Crippen molar-refractivity contribution in [3.05, 3.63) is 206 Å². The molecule has 0 amide bonds. The Morgan fingerprint density at radius 2 is 0.900 bits per heavy atom. The first-order valence-corrected chi connectivity index (χ1v) is 20.6. The molecule has 3 heterocycles. The van der Waals surface area contributed by atoms with Crippen molar-refractivity contribution in [1.82, 2.24) is 19.1 Å². The smallest absolute Gasteiger partial charge is 0.235 e. The lowest BCUT2D eigenvalue weighted by Gasteiger charge is -2.19. The summed E-state index contributed by atoms with van der Waals surface area (Å²) < 4.78 is 4.58. The Morgan fingerprint density at radius 1 is 0.367 bits per heavy atom. The molecular formula is C56H42N4. The van der Waals surface area contributed by atoms with Crippen LogP contribution in [0.1, 0.15) is 26.3 Å². The maximum atomic E-state index is 5.22. The van der Waals surface area contributed by atoms with Crippen molar-refractivity contribution in [3.8, 4) is 56.3 Å². The summed E-state index contributed by atoms with van der Waals surface area (Å²) in [6.07, 6.45) is 1.88. The number of nitrogens with zero attached hydrogens (tertiary/aromatic N) is 4. The molecule has 0 radical (unpaired) electrons. The number of hydrogen-bond donors (Lipinski definition) is 0. The van der Waals surface area contributed by atoms with E-state index < -0.39 is 0 Å². The molecule has 4 nitrogen and oxygen atoms in total. The van der Waals surface area contributed by atoms with Gasteiger partial charge in [-0.05, 0) is 99.0 Å². The van der Waals surface area contributed by atoms with E-state index in [9.17, 15) is 0 Å². The Bertz CT molecular complexity index is 3380. The van der Waals surface area contributed by atoms with E-state index in [-0.39, 0.29) is 5.41 Å². The van der Waals surface area contributed by atoms with Gasteiger partial charge in [-0.3, -0.25) is 4.57 Å². The lowest BCUT2D eigenvalue weighted by molar-refractivity contribution is 0.590. The van der Waals surface area contributed by atoms with Crippen LogP contribution >= 0.6 is 0 Å². The molecule has 0 saturated heterocycles. The van der Waals surface area contributed by atoms with Gasteiger partial charge in [-0.1, -0.05) is 160 Å². The topological polar surface area (TPSA) is 35.6 Å². The van der Waals surface area contributed by atoms with Crippen LogP contribution in [0.4, 0.5) is 0 Å². The highest BCUT2D eigenvalue weighted by molar-refractivity contribution is 6.12. The van der Waals surface area contributed by atoms with Crippen molar-refractivity contribution in [3.63, 3.8) is 0 Å². The van der Waals surface area contributed by atoms with E-state index in [0.29, 0.717) is 5.95 Å². The van der Waals surface area contributed by atoms with Gasteiger partial charge in [0.05, 0.1) is 27.8 Å². The molecular weight excluding hydrogens is 729 g/mol. The number of hydrogen-bond acceptors (Lipinski definition) is 2. The Kier molecular flexibility index (Phi) is 8.35. The maximum Gasteiger partial charge on any atom is 0.235 e. The number of rotatable bonds is 6. The van der Waals surface area contributed by atoms with Gasteiger partial charge in [0.15, 0.2) is 0 Å². The van der Waals surface area contributed by atoms with E-state index in [1.54, 1.807) is 0 Å². The van der Waals surface area contributed by atoms with Crippen LogP contribution in [-0.2, 0) is 5.41 Å². The second-order valence-corrected chi connectivity index (χ2v) is 16.7. The average molecular weight is 771 g/mol. The fraction of sp³-hybridized carbons (Fsp3) is 0.0714. The van der Waals surface area contributed by atoms with Gasteiger partial charge in [0.2, 0.25) is 5.95 Å². The third kappa shape index (κ3) is 6.08. The van der Waals surface area contributed by atoms with Gasteiger partial charge in [0.1, 0.15) is 0 Å². The molecule has 0 unspecified atom stereocenters. The molecule has 8 aromatic carbocycles. The molecule has 286 valence electrons. The first-order valence-electron chi connectivity index (χ1n) is 20.6. The van der Waals surface area contributed by atoms with Crippen LogP contribution in [0.25, 0.3) is 99.9 Å². The summed E-state index contributed by atoms with van der Waals surface area (Å²) in [5, 5.41) is 4.83. The molecule has 0 N–H and O–H groups in total. The Labute approximate surface area is 349 Å².